The summed E-state index contributed by atoms with van der Waals surface area (Å²) in [5, 5.41) is 6.77. The van der Waals surface area contributed by atoms with E-state index in [0.29, 0.717) is 23.1 Å². The molecule has 0 radical (unpaired) electrons. The summed E-state index contributed by atoms with van der Waals surface area (Å²) in [5.74, 6) is 1.72. The molecule has 0 amide bonds. The summed E-state index contributed by atoms with van der Waals surface area (Å²) < 4.78 is 11.8. The lowest BCUT2D eigenvalue weighted by atomic mass is 10.0. The highest BCUT2D eigenvalue weighted by atomic mass is 16.3. The van der Waals surface area contributed by atoms with Gasteiger partial charge in [0.15, 0.2) is 17.5 Å². The van der Waals surface area contributed by atoms with Crippen LogP contribution in [0.3, 0.4) is 0 Å². The third-order valence-electron chi connectivity index (χ3n) is 12.4. The molecule has 9 aromatic carbocycles. The van der Waals surface area contributed by atoms with Crippen molar-refractivity contribution in [2.24, 2.45) is 0 Å². The first-order valence-corrected chi connectivity index (χ1v) is 21.2. The molecule has 13 aromatic rings. The lowest BCUT2D eigenvalue weighted by Crippen LogP contribution is -2.01. The summed E-state index contributed by atoms with van der Waals surface area (Å²) >= 11 is 0. The molecule has 63 heavy (non-hydrogen) atoms. The monoisotopic (exact) mass is 805 g/mol. The van der Waals surface area contributed by atoms with Crippen LogP contribution >= 0.6 is 0 Å². The lowest BCUT2D eigenvalue weighted by molar-refractivity contribution is 0.669. The molecular weight excluding hydrogens is 771 g/mol. The van der Waals surface area contributed by atoms with Crippen LogP contribution < -0.4 is 0 Å². The summed E-state index contributed by atoms with van der Waals surface area (Å²) in [5.41, 5.74) is 13.1. The summed E-state index contributed by atoms with van der Waals surface area (Å²) in [6.45, 7) is 0. The van der Waals surface area contributed by atoms with E-state index >= 15 is 0 Å². The van der Waals surface area contributed by atoms with Crippen molar-refractivity contribution in [1.82, 2.24) is 24.1 Å². The SMILES string of the molecule is c1ccc(-c2ccc(-c3nc(-c4ccccc4)nc(-c4ccc(-n5c6ccccc6c6ccc7c(c8ccccc8n7-c7ccccc7)c65)c5c4oc4ccccc45)n3)cc2)cc1. The van der Waals surface area contributed by atoms with Gasteiger partial charge in [-0.05, 0) is 59.7 Å². The molecular formula is C57H35N5O. The van der Waals surface area contributed by atoms with Gasteiger partial charge < -0.3 is 13.6 Å². The van der Waals surface area contributed by atoms with E-state index < -0.39 is 0 Å². The molecule has 6 nitrogen and oxygen atoms in total. The van der Waals surface area contributed by atoms with Gasteiger partial charge in [0.1, 0.15) is 11.2 Å². The maximum atomic E-state index is 6.96. The number of hydrogen-bond acceptors (Lipinski definition) is 4. The zero-order valence-corrected chi connectivity index (χ0v) is 33.9. The molecule has 0 atom stereocenters. The molecule has 0 aliphatic heterocycles. The van der Waals surface area contributed by atoms with Gasteiger partial charge in [0.2, 0.25) is 0 Å². The number of benzene rings is 9. The summed E-state index contributed by atoms with van der Waals surface area (Å²) in [6.07, 6.45) is 0. The first-order valence-electron chi connectivity index (χ1n) is 21.2. The molecule has 0 aliphatic carbocycles. The van der Waals surface area contributed by atoms with Crippen molar-refractivity contribution < 1.29 is 4.42 Å². The van der Waals surface area contributed by atoms with Crippen molar-refractivity contribution in [3.63, 3.8) is 0 Å². The highest BCUT2D eigenvalue weighted by Gasteiger charge is 2.25. The summed E-state index contributed by atoms with van der Waals surface area (Å²) in [6, 6.07) is 74.3. The quantitative estimate of drug-likeness (QED) is 0.168. The lowest BCUT2D eigenvalue weighted by Gasteiger charge is -2.13. The highest BCUT2D eigenvalue weighted by Crippen LogP contribution is 2.46. The van der Waals surface area contributed by atoms with E-state index in [9.17, 15) is 0 Å². The van der Waals surface area contributed by atoms with E-state index in [1.165, 1.54) is 21.5 Å². The Bertz CT molecular complexity index is 3890. The predicted octanol–water partition coefficient (Wildman–Crippen LogP) is 14.6. The van der Waals surface area contributed by atoms with Crippen molar-refractivity contribution in [2.45, 2.75) is 0 Å². The normalized spacial score (nSPS) is 11.8. The van der Waals surface area contributed by atoms with Crippen molar-refractivity contribution in [3.05, 3.63) is 212 Å². The highest BCUT2D eigenvalue weighted by molar-refractivity contribution is 6.27. The largest absolute Gasteiger partial charge is 0.455 e. The number of hydrogen-bond donors (Lipinski definition) is 0. The Morgan fingerprint density at radius 2 is 0.873 bits per heavy atom. The van der Waals surface area contributed by atoms with Gasteiger partial charge in [-0.1, -0.05) is 164 Å². The van der Waals surface area contributed by atoms with Crippen LogP contribution in [0.1, 0.15) is 0 Å². The van der Waals surface area contributed by atoms with Gasteiger partial charge in [-0.15, -0.1) is 0 Å². The molecule has 0 fully saturated rings. The molecule has 6 heteroatoms. The molecule has 4 heterocycles. The topological polar surface area (TPSA) is 61.7 Å². The van der Waals surface area contributed by atoms with E-state index in [2.05, 4.69) is 173 Å². The van der Waals surface area contributed by atoms with Crippen molar-refractivity contribution in [1.29, 1.82) is 0 Å². The van der Waals surface area contributed by atoms with Crippen molar-refractivity contribution >= 4 is 65.6 Å². The van der Waals surface area contributed by atoms with Crippen molar-refractivity contribution in [3.8, 4) is 56.7 Å². The average molecular weight is 806 g/mol. The van der Waals surface area contributed by atoms with Gasteiger partial charge in [0.25, 0.3) is 0 Å². The fourth-order valence-electron chi connectivity index (χ4n) is 9.57. The van der Waals surface area contributed by atoms with E-state index in [-0.39, 0.29) is 0 Å². The van der Waals surface area contributed by atoms with Gasteiger partial charge in [-0.25, -0.2) is 15.0 Å². The molecule has 0 saturated carbocycles. The fraction of sp³-hybridized carbons (Fsp3) is 0. The first-order chi connectivity index (χ1) is 31.3. The number of aromatic nitrogens is 5. The molecule has 0 N–H and O–H groups in total. The second-order valence-electron chi connectivity index (χ2n) is 15.9. The van der Waals surface area contributed by atoms with Crippen molar-refractivity contribution in [2.75, 3.05) is 0 Å². The fourth-order valence-corrected chi connectivity index (χ4v) is 9.57. The van der Waals surface area contributed by atoms with Gasteiger partial charge >= 0.3 is 0 Å². The Hall–Kier alpha value is -8.61. The van der Waals surface area contributed by atoms with Crippen LogP contribution in [0.25, 0.3) is 122 Å². The minimum Gasteiger partial charge on any atom is -0.455 e. The zero-order valence-electron chi connectivity index (χ0n) is 33.9. The van der Waals surface area contributed by atoms with Crippen LogP contribution in [0.4, 0.5) is 0 Å². The van der Waals surface area contributed by atoms with Crippen LogP contribution in [-0.4, -0.2) is 24.1 Å². The molecule has 4 aromatic heterocycles. The molecule has 0 aliphatic rings. The van der Waals surface area contributed by atoms with Crippen LogP contribution in [0.15, 0.2) is 217 Å². The van der Waals surface area contributed by atoms with E-state index in [1.807, 2.05) is 48.5 Å². The molecule has 0 saturated heterocycles. The number of nitrogens with zero attached hydrogens (tertiary/aromatic N) is 5. The van der Waals surface area contributed by atoms with Gasteiger partial charge in [0, 0.05) is 43.7 Å². The van der Waals surface area contributed by atoms with E-state index in [4.69, 9.17) is 19.4 Å². The minimum atomic E-state index is 0.539. The standard InChI is InChI=1S/C57H35N5O/c1-4-16-36(17-5-1)37-28-30-39(31-29-37)56-58-55(38-18-6-2-7-19-38)59-57(60-56)45-33-35-49(52-44-24-12-15-27-50(44)63-54(45)52)62-46-25-13-10-22-41(46)42-32-34-48-51(53(42)62)43-23-11-14-26-47(43)61(48)40-20-8-3-9-21-40/h1-35H. The third-order valence-corrected chi connectivity index (χ3v) is 12.4. The second-order valence-corrected chi connectivity index (χ2v) is 15.9. The number of fused-ring (bicyclic) bond motifs is 10. The van der Waals surface area contributed by atoms with E-state index in [1.54, 1.807) is 0 Å². The van der Waals surface area contributed by atoms with Gasteiger partial charge in [-0.3, -0.25) is 0 Å². The Labute approximate surface area is 361 Å². The molecule has 13 rings (SSSR count). The summed E-state index contributed by atoms with van der Waals surface area (Å²) in [7, 11) is 0. The number of rotatable bonds is 6. The molecule has 0 bridgehead atoms. The smallest absolute Gasteiger partial charge is 0.167 e. The number of para-hydroxylation sites is 4. The van der Waals surface area contributed by atoms with Crippen LogP contribution in [0.5, 0.6) is 0 Å². The van der Waals surface area contributed by atoms with E-state index in [0.717, 1.165) is 77.6 Å². The first kappa shape index (κ1) is 35.2. The predicted molar refractivity (Wildman–Crippen MR) is 258 cm³/mol. The Morgan fingerprint density at radius 1 is 0.333 bits per heavy atom. The van der Waals surface area contributed by atoms with Gasteiger partial charge in [0.05, 0.1) is 38.7 Å². The molecule has 0 unspecified atom stereocenters. The molecule has 294 valence electrons. The second kappa shape index (κ2) is 14.0. The Morgan fingerprint density at radius 3 is 1.60 bits per heavy atom. The maximum absolute atomic E-state index is 6.96. The van der Waals surface area contributed by atoms with Crippen LogP contribution in [-0.2, 0) is 0 Å². The van der Waals surface area contributed by atoms with Gasteiger partial charge in [-0.2, -0.15) is 0 Å². The number of furan rings is 1. The minimum absolute atomic E-state index is 0.539. The van der Waals surface area contributed by atoms with Crippen LogP contribution in [0, 0.1) is 0 Å². The maximum Gasteiger partial charge on any atom is 0.167 e. The zero-order chi connectivity index (χ0) is 41.4. The third kappa shape index (κ3) is 5.48. The Kier molecular flexibility index (Phi) is 7.80. The molecule has 0 spiro atoms. The average Bonchev–Trinajstić information content (AvgIpc) is 4.03. The Balaban J connectivity index is 1.09. The van der Waals surface area contributed by atoms with Crippen LogP contribution in [0.2, 0.25) is 0 Å². The summed E-state index contributed by atoms with van der Waals surface area (Å²) in [4.78, 5) is 15.5.